The number of nitrogens with one attached hydrogen (secondary N) is 2. The lowest BCUT2D eigenvalue weighted by atomic mass is 10.2. The first kappa shape index (κ1) is 19.5. The van der Waals surface area contributed by atoms with Gasteiger partial charge in [0.1, 0.15) is 0 Å². The van der Waals surface area contributed by atoms with Gasteiger partial charge in [0, 0.05) is 39.9 Å². The van der Waals surface area contributed by atoms with E-state index in [0.29, 0.717) is 0 Å². The van der Waals surface area contributed by atoms with E-state index in [4.69, 9.17) is 4.74 Å². The second kappa shape index (κ2) is 12.9. The highest BCUT2D eigenvalue weighted by molar-refractivity contribution is 5.79. The van der Waals surface area contributed by atoms with E-state index in [2.05, 4.69) is 57.9 Å². The quantitative estimate of drug-likeness (QED) is 0.372. The second-order valence-electron chi connectivity index (χ2n) is 5.55. The van der Waals surface area contributed by atoms with Gasteiger partial charge in [-0.1, -0.05) is 30.3 Å². The molecule has 23 heavy (non-hydrogen) atoms. The SMILES string of the molecule is CCOCCCNC(=NC)NCCCN(C)Cc1ccccc1. The van der Waals surface area contributed by atoms with Crippen LogP contribution in [0.5, 0.6) is 0 Å². The molecule has 0 aliphatic carbocycles. The Morgan fingerprint density at radius 3 is 2.48 bits per heavy atom. The third-order valence-corrected chi connectivity index (χ3v) is 3.49. The topological polar surface area (TPSA) is 48.9 Å². The van der Waals surface area contributed by atoms with Gasteiger partial charge in [0.25, 0.3) is 0 Å². The van der Waals surface area contributed by atoms with Crippen LogP contribution in [0, 0.1) is 0 Å². The van der Waals surface area contributed by atoms with Crippen LogP contribution in [0.2, 0.25) is 0 Å². The molecule has 0 saturated carbocycles. The van der Waals surface area contributed by atoms with Crippen LogP contribution >= 0.6 is 0 Å². The van der Waals surface area contributed by atoms with Crippen LogP contribution in [0.3, 0.4) is 0 Å². The number of aliphatic imine (C=N–C) groups is 1. The highest BCUT2D eigenvalue weighted by Gasteiger charge is 2.01. The Morgan fingerprint density at radius 2 is 1.83 bits per heavy atom. The highest BCUT2D eigenvalue weighted by Crippen LogP contribution is 2.02. The molecule has 0 saturated heterocycles. The van der Waals surface area contributed by atoms with Crippen molar-refractivity contribution in [3.05, 3.63) is 35.9 Å². The lowest BCUT2D eigenvalue weighted by Crippen LogP contribution is -2.39. The zero-order valence-corrected chi connectivity index (χ0v) is 14.8. The van der Waals surface area contributed by atoms with E-state index in [0.717, 1.165) is 58.2 Å². The predicted octanol–water partition coefficient (Wildman–Crippen LogP) is 2.10. The van der Waals surface area contributed by atoms with Crippen molar-refractivity contribution in [3.63, 3.8) is 0 Å². The molecule has 0 radical (unpaired) electrons. The number of guanidine groups is 1. The summed E-state index contributed by atoms with van der Waals surface area (Å²) >= 11 is 0. The maximum absolute atomic E-state index is 5.32. The van der Waals surface area contributed by atoms with Crippen LogP contribution in [0.25, 0.3) is 0 Å². The molecule has 0 amide bonds. The largest absolute Gasteiger partial charge is 0.382 e. The third-order valence-electron chi connectivity index (χ3n) is 3.49. The summed E-state index contributed by atoms with van der Waals surface area (Å²) in [6.45, 7) is 7.45. The van der Waals surface area contributed by atoms with Crippen LogP contribution in [-0.2, 0) is 11.3 Å². The van der Waals surface area contributed by atoms with Crippen LogP contribution in [0.4, 0.5) is 0 Å². The number of ether oxygens (including phenoxy) is 1. The van der Waals surface area contributed by atoms with Crippen LogP contribution in [0.15, 0.2) is 35.3 Å². The van der Waals surface area contributed by atoms with E-state index in [-0.39, 0.29) is 0 Å². The Bertz CT molecular complexity index is 422. The molecule has 1 aromatic carbocycles. The molecule has 0 bridgehead atoms. The maximum atomic E-state index is 5.32. The van der Waals surface area contributed by atoms with Crippen molar-refractivity contribution in [2.24, 2.45) is 4.99 Å². The van der Waals surface area contributed by atoms with Gasteiger partial charge in [0.05, 0.1) is 0 Å². The van der Waals surface area contributed by atoms with Gasteiger partial charge in [0.2, 0.25) is 0 Å². The smallest absolute Gasteiger partial charge is 0.190 e. The molecule has 1 aromatic rings. The van der Waals surface area contributed by atoms with Crippen LogP contribution < -0.4 is 10.6 Å². The molecule has 0 heterocycles. The van der Waals surface area contributed by atoms with Crippen molar-refractivity contribution in [1.82, 2.24) is 15.5 Å². The van der Waals surface area contributed by atoms with Gasteiger partial charge >= 0.3 is 0 Å². The summed E-state index contributed by atoms with van der Waals surface area (Å²) in [5.74, 6) is 0.868. The van der Waals surface area contributed by atoms with E-state index < -0.39 is 0 Å². The minimum Gasteiger partial charge on any atom is -0.382 e. The number of nitrogens with zero attached hydrogens (tertiary/aromatic N) is 2. The Morgan fingerprint density at radius 1 is 1.13 bits per heavy atom. The Kier molecular flexibility index (Phi) is 10.9. The van der Waals surface area contributed by atoms with Crippen molar-refractivity contribution in [3.8, 4) is 0 Å². The molecular formula is C18H32N4O. The summed E-state index contributed by atoms with van der Waals surface area (Å²) in [4.78, 5) is 6.57. The maximum Gasteiger partial charge on any atom is 0.190 e. The van der Waals surface area contributed by atoms with Gasteiger partial charge in [-0.2, -0.15) is 0 Å². The molecule has 2 N–H and O–H groups in total. The first-order valence-corrected chi connectivity index (χ1v) is 8.51. The molecule has 0 fully saturated rings. The molecule has 0 atom stereocenters. The summed E-state index contributed by atoms with van der Waals surface area (Å²) in [6.07, 6.45) is 2.08. The normalized spacial score (nSPS) is 11.7. The van der Waals surface area contributed by atoms with Crippen molar-refractivity contribution < 1.29 is 4.74 Å². The monoisotopic (exact) mass is 320 g/mol. The zero-order valence-electron chi connectivity index (χ0n) is 14.8. The molecule has 1 rings (SSSR count). The number of hydrogen-bond acceptors (Lipinski definition) is 3. The summed E-state index contributed by atoms with van der Waals surface area (Å²) in [6, 6.07) is 10.6. The molecule has 0 aliphatic rings. The number of hydrogen-bond donors (Lipinski definition) is 2. The fourth-order valence-electron chi connectivity index (χ4n) is 2.28. The molecule has 0 aliphatic heterocycles. The summed E-state index contributed by atoms with van der Waals surface area (Å²) in [5.41, 5.74) is 1.36. The average Bonchev–Trinajstić information content (AvgIpc) is 2.57. The summed E-state index contributed by atoms with van der Waals surface area (Å²) < 4.78 is 5.32. The van der Waals surface area contributed by atoms with Crippen LogP contribution in [-0.4, -0.2) is 57.8 Å². The fourth-order valence-corrected chi connectivity index (χ4v) is 2.28. The van der Waals surface area contributed by atoms with Crippen molar-refractivity contribution in [2.75, 3.05) is 46.9 Å². The molecule has 0 spiro atoms. The van der Waals surface area contributed by atoms with Gasteiger partial charge in [-0.25, -0.2) is 0 Å². The first-order chi connectivity index (χ1) is 11.3. The number of rotatable bonds is 11. The van der Waals surface area contributed by atoms with E-state index >= 15 is 0 Å². The van der Waals surface area contributed by atoms with Gasteiger partial charge in [-0.3, -0.25) is 4.99 Å². The molecule has 130 valence electrons. The van der Waals surface area contributed by atoms with E-state index in [1.807, 2.05) is 6.92 Å². The highest BCUT2D eigenvalue weighted by atomic mass is 16.5. The minimum absolute atomic E-state index is 0.781. The Balaban J connectivity index is 2.07. The lowest BCUT2D eigenvalue weighted by Gasteiger charge is -2.17. The average molecular weight is 320 g/mol. The fraction of sp³-hybridized carbons (Fsp3) is 0.611. The standard InChI is InChI=1S/C18H32N4O/c1-4-23-15-9-13-21-18(19-2)20-12-8-14-22(3)16-17-10-6-5-7-11-17/h5-7,10-11H,4,8-9,12-16H2,1-3H3,(H2,19,20,21). The molecule has 5 nitrogen and oxygen atoms in total. The van der Waals surface area contributed by atoms with E-state index in [1.54, 1.807) is 7.05 Å². The molecule has 0 aromatic heterocycles. The van der Waals surface area contributed by atoms with E-state index in [9.17, 15) is 0 Å². The molecule has 5 heteroatoms. The Labute approximate surface area is 141 Å². The van der Waals surface area contributed by atoms with Gasteiger partial charge < -0.3 is 20.3 Å². The minimum atomic E-state index is 0.781. The van der Waals surface area contributed by atoms with Gasteiger partial charge in [-0.15, -0.1) is 0 Å². The summed E-state index contributed by atoms with van der Waals surface area (Å²) in [5, 5.41) is 6.65. The van der Waals surface area contributed by atoms with Crippen molar-refractivity contribution in [1.29, 1.82) is 0 Å². The van der Waals surface area contributed by atoms with Crippen molar-refractivity contribution >= 4 is 5.96 Å². The van der Waals surface area contributed by atoms with Gasteiger partial charge in [-0.05, 0) is 38.9 Å². The van der Waals surface area contributed by atoms with Crippen LogP contribution in [0.1, 0.15) is 25.3 Å². The van der Waals surface area contributed by atoms with E-state index in [1.165, 1.54) is 5.56 Å². The predicted molar refractivity (Wildman–Crippen MR) is 97.9 cm³/mol. The Hall–Kier alpha value is -1.59. The zero-order chi connectivity index (χ0) is 16.8. The number of benzene rings is 1. The summed E-state index contributed by atoms with van der Waals surface area (Å²) in [7, 11) is 3.97. The second-order valence-corrected chi connectivity index (χ2v) is 5.55. The van der Waals surface area contributed by atoms with Gasteiger partial charge in [0.15, 0.2) is 5.96 Å². The lowest BCUT2D eigenvalue weighted by molar-refractivity contribution is 0.145. The first-order valence-electron chi connectivity index (χ1n) is 8.51. The molecular weight excluding hydrogens is 288 g/mol. The third kappa shape index (κ3) is 9.92. The molecule has 0 unspecified atom stereocenters. The van der Waals surface area contributed by atoms with Crippen molar-refractivity contribution in [2.45, 2.75) is 26.3 Å².